The largest absolute Gasteiger partial charge is 0.355 e. The summed E-state index contributed by atoms with van der Waals surface area (Å²) in [6, 6.07) is 10.1. The van der Waals surface area contributed by atoms with Gasteiger partial charge in [0.1, 0.15) is 0 Å². The molecule has 2 amide bonds. The minimum absolute atomic E-state index is 0.00244. The van der Waals surface area contributed by atoms with Crippen LogP contribution in [0, 0.1) is 23.0 Å². The van der Waals surface area contributed by atoms with Crippen molar-refractivity contribution in [1.82, 2.24) is 15.2 Å². The second-order valence-electron chi connectivity index (χ2n) is 7.19. The van der Waals surface area contributed by atoms with Crippen LogP contribution in [0.4, 0.5) is 5.69 Å². The van der Waals surface area contributed by atoms with Crippen LogP contribution < -0.4 is 5.32 Å². The highest BCUT2D eigenvalue weighted by Crippen LogP contribution is 2.22. The van der Waals surface area contributed by atoms with Gasteiger partial charge in [0, 0.05) is 61.1 Å². The van der Waals surface area contributed by atoms with E-state index in [1.165, 1.54) is 12.1 Å². The number of rotatable bonds is 6. The quantitative estimate of drug-likeness (QED) is 0.597. The first-order chi connectivity index (χ1) is 14.0. The van der Waals surface area contributed by atoms with E-state index in [1.807, 2.05) is 18.2 Å². The Labute approximate surface area is 169 Å². The summed E-state index contributed by atoms with van der Waals surface area (Å²) >= 11 is 0. The molecule has 152 valence electrons. The molecule has 1 aliphatic rings. The van der Waals surface area contributed by atoms with Gasteiger partial charge in [0.2, 0.25) is 5.91 Å². The molecule has 1 aliphatic heterocycles. The summed E-state index contributed by atoms with van der Waals surface area (Å²) in [4.78, 5) is 41.5. The first-order valence-electron chi connectivity index (χ1n) is 9.67. The fourth-order valence-electron chi connectivity index (χ4n) is 3.52. The number of aryl methyl sites for hydroxylation is 1. The van der Waals surface area contributed by atoms with Gasteiger partial charge in [0.15, 0.2) is 0 Å². The Kier molecular flexibility index (Phi) is 6.54. The fourth-order valence-corrected chi connectivity index (χ4v) is 3.52. The van der Waals surface area contributed by atoms with Gasteiger partial charge in [-0.25, -0.2) is 0 Å². The van der Waals surface area contributed by atoms with E-state index in [2.05, 4.69) is 10.3 Å². The van der Waals surface area contributed by atoms with E-state index < -0.39 is 4.92 Å². The third kappa shape index (κ3) is 5.16. The van der Waals surface area contributed by atoms with Gasteiger partial charge in [-0.3, -0.25) is 24.7 Å². The van der Waals surface area contributed by atoms with Crippen LogP contribution in [0.15, 0.2) is 42.6 Å². The van der Waals surface area contributed by atoms with Gasteiger partial charge in [-0.1, -0.05) is 6.07 Å². The number of carbonyl (C=O) groups is 2. The van der Waals surface area contributed by atoms with E-state index in [1.54, 1.807) is 24.1 Å². The molecule has 0 spiro atoms. The molecule has 29 heavy (non-hydrogen) atoms. The summed E-state index contributed by atoms with van der Waals surface area (Å²) in [5.74, 6) is -0.252. The van der Waals surface area contributed by atoms with E-state index in [0.29, 0.717) is 50.0 Å². The zero-order valence-electron chi connectivity index (χ0n) is 16.3. The summed E-state index contributed by atoms with van der Waals surface area (Å²) in [7, 11) is 0. The summed E-state index contributed by atoms with van der Waals surface area (Å²) < 4.78 is 0. The van der Waals surface area contributed by atoms with Gasteiger partial charge < -0.3 is 10.2 Å². The van der Waals surface area contributed by atoms with E-state index in [9.17, 15) is 19.7 Å². The predicted molar refractivity (Wildman–Crippen MR) is 107 cm³/mol. The second kappa shape index (κ2) is 9.27. The molecular weight excluding hydrogens is 372 g/mol. The van der Waals surface area contributed by atoms with Gasteiger partial charge in [0.05, 0.1) is 4.92 Å². The minimum atomic E-state index is -0.457. The maximum atomic E-state index is 12.7. The molecule has 8 heteroatoms. The van der Waals surface area contributed by atoms with Crippen LogP contribution >= 0.6 is 0 Å². The molecule has 1 saturated heterocycles. The van der Waals surface area contributed by atoms with E-state index >= 15 is 0 Å². The molecule has 2 heterocycles. The van der Waals surface area contributed by atoms with Crippen molar-refractivity contribution >= 4 is 17.5 Å². The first kappa shape index (κ1) is 20.4. The minimum Gasteiger partial charge on any atom is -0.355 e. The van der Waals surface area contributed by atoms with Crippen molar-refractivity contribution in [1.29, 1.82) is 0 Å². The van der Waals surface area contributed by atoms with Gasteiger partial charge in [-0.15, -0.1) is 0 Å². The van der Waals surface area contributed by atoms with Crippen molar-refractivity contribution < 1.29 is 14.5 Å². The van der Waals surface area contributed by atoms with Crippen LogP contribution in [0.3, 0.4) is 0 Å². The lowest BCUT2D eigenvalue weighted by Crippen LogP contribution is -2.43. The summed E-state index contributed by atoms with van der Waals surface area (Å²) in [5, 5.41) is 13.9. The summed E-state index contributed by atoms with van der Waals surface area (Å²) in [5.41, 5.74) is 1.84. The number of aromatic nitrogens is 1. The molecule has 8 nitrogen and oxygen atoms in total. The van der Waals surface area contributed by atoms with Gasteiger partial charge in [-0.2, -0.15) is 0 Å². The van der Waals surface area contributed by atoms with Crippen molar-refractivity contribution in [3.63, 3.8) is 0 Å². The predicted octanol–water partition coefficient (Wildman–Crippen LogP) is 2.51. The molecule has 1 aromatic carbocycles. The number of carbonyl (C=O) groups excluding carboxylic acids is 2. The molecule has 1 aromatic heterocycles. The average Bonchev–Trinajstić information content (AvgIpc) is 2.73. The maximum absolute atomic E-state index is 12.7. The molecule has 0 unspecified atom stereocenters. The fraction of sp³-hybridized carbons (Fsp3) is 0.381. The van der Waals surface area contributed by atoms with Crippen molar-refractivity contribution in [2.45, 2.75) is 26.2 Å². The SMILES string of the molecule is Cc1cc(C(=O)N2CCC(C(=O)NCCc3ccccn3)CC2)ccc1[N+](=O)[O-]. The Morgan fingerprint density at radius 3 is 2.62 bits per heavy atom. The van der Waals surface area contributed by atoms with Gasteiger partial charge in [0.25, 0.3) is 11.6 Å². The summed E-state index contributed by atoms with van der Waals surface area (Å²) in [6.45, 7) is 3.15. The molecule has 0 saturated carbocycles. The zero-order valence-corrected chi connectivity index (χ0v) is 16.3. The number of likely N-dealkylation sites (tertiary alicyclic amines) is 1. The van der Waals surface area contributed by atoms with E-state index in [-0.39, 0.29) is 23.4 Å². The molecular formula is C21H24N4O4. The van der Waals surface area contributed by atoms with Crippen molar-refractivity contribution in [2.24, 2.45) is 5.92 Å². The average molecular weight is 396 g/mol. The number of nitro benzene ring substituents is 1. The lowest BCUT2D eigenvalue weighted by molar-refractivity contribution is -0.385. The highest BCUT2D eigenvalue weighted by Gasteiger charge is 2.28. The third-order valence-electron chi connectivity index (χ3n) is 5.20. The van der Waals surface area contributed by atoms with Crippen LogP contribution in [0.1, 0.15) is 34.5 Å². The number of nitro groups is 1. The molecule has 3 rings (SSSR count). The van der Waals surface area contributed by atoms with Crippen molar-refractivity contribution in [2.75, 3.05) is 19.6 Å². The monoisotopic (exact) mass is 396 g/mol. The van der Waals surface area contributed by atoms with E-state index in [0.717, 1.165) is 5.69 Å². The molecule has 0 aliphatic carbocycles. The first-order valence-corrected chi connectivity index (χ1v) is 9.67. The normalized spacial score (nSPS) is 14.4. The lowest BCUT2D eigenvalue weighted by atomic mass is 9.95. The second-order valence-corrected chi connectivity index (χ2v) is 7.19. The van der Waals surface area contributed by atoms with Crippen molar-refractivity contribution in [3.05, 3.63) is 69.5 Å². The highest BCUT2D eigenvalue weighted by atomic mass is 16.6. The molecule has 1 N–H and O–H groups in total. The Balaban J connectivity index is 1.48. The maximum Gasteiger partial charge on any atom is 0.272 e. The van der Waals surface area contributed by atoms with Gasteiger partial charge in [-0.05, 0) is 44.0 Å². The number of piperidine rings is 1. The van der Waals surface area contributed by atoms with Crippen LogP contribution in [0.25, 0.3) is 0 Å². The smallest absolute Gasteiger partial charge is 0.272 e. The van der Waals surface area contributed by atoms with Crippen LogP contribution in [-0.4, -0.2) is 46.3 Å². The molecule has 2 aromatic rings. The lowest BCUT2D eigenvalue weighted by Gasteiger charge is -2.31. The Hall–Kier alpha value is -3.29. The molecule has 0 radical (unpaired) electrons. The third-order valence-corrected chi connectivity index (χ3v) is 5.20. The molecule has 0 bridgehead atoms. The number of amides is 2. The topological polar surface area (TPSA) is 105 Å². The Morgan fingerprint density at radius 1 is 1.24 bits per heavy atom. The zero-order chi connectivity index (χ0) is 20.8. The van der Waals surface area contributed by atoms with Crippen LogP contribution in [-0.2, 0) is 11.2 Å². The number of pyridine rings is 1. The Morgan fingerprint density at radius 2 is 2.00 bits per heavy atom. The van der Waals surface area contributed by atoms with Crippen molar-refractivity contribution in [3.8, 4) is 0 Å². The van der Waals surface area contributed by atoms with Crippen LogP contribution in [0.2, 0.25) is 0 Å². The summed E-state index contributed by atoms with van der Waals surface area (Å²) in [6.07, 6.45) is 3.62. The number of hydrogen-bond acceptors (Lipinski definition) is 5. The number of benzene rings is 1. The van der Waals surface area contributed by atoms with Crippen LogP contribution in [0.5, 0.6) is 0 Å². The van der Waals surface area contributed by atoms with E-state index in [4.69, 9.17) is 0 Å². The molecule has 1 fully saturated rings. The highest BCUT2D eigenvalue weighted by molar-refractivity contribution is 5.95. The number of nitrogens with zero attached hydrogens (tertiary/aromatic N) is 3. The standard InChI is InChI=1S/C21H24N4O4/c1-15-14-17(5-6-19(15)25(28)29)21(27)24-12-8-16(9-13-24)20(26)23-11-7-18-4-2-3-10-22-18/h2-6,10,14,16H,7-9,11-13H2,1H3,(H,23,26). The number of nitrogens with one attached hydrogen (secondary N) is 1. The van der Waals surface area contributed by atoms with Gasteiger partial charge >= 0.3 is 0 Å². The Bertz CT molecular complexity index is 893. The molecule has 0 atom stereocenters. The number of hydrogen-bond donors (Lipinski definition) is 1.